The lowest BCUT2D eigenvalue weighted by atomic mass is 9.99. The standard InChI is InChI=1S/C12H14ClFN2O/c13-9-4-10(14)6-11(5-9)16-12(17)8-2-1-3-15-7-8/h4-6,8,15H,1-3,7H2,(H,16,17)/t8-/m0/s1. The average Bonchev–Trinajstić information content (AvgIpc) is 2.28. The molecule has 0 unspecified atom stereocenters. The molecular weight excluding hydrogens is 243 g/mol. The molecule has 0 bridgehead atoms. The van der Waals surface area contributed by atoms with Crippen molar-refractivity contribution < 1.29 is 9.18 Å². The van der Waals surface area contributed by atoms with Gasteiger partial charge in [0.15, 0.2) is 0 Å². The van der Waals surface area contributed by atoms with Crippen LogP contribution in [-0.4, -0.2) is 19.0 Å². The maximum absolute atomic E-state index is 13.1. The van der Waals surface area contributed by atoms with Crippen LogP contribution in [0, 0.1) is 11.7 Å². The number of hydrogen-bond acceptors (Lipinski definition) is 2. The Morgan fingerprint density at radius 2 is 2.29 bits per heavy atom. The zero-order valence-corrected chi connectivity index (χ0v) is 10.1. The second kappa shape index (κ2) is 5.47. The summed E-state index contributed by atoms with van der Waals surface area (Å²) in [7, 11) is 0. The van der Waals surface area contributed by atoms with Crippen LogP contribution in [0.3, 0.4) is 0 Å². The van der Waals surface area contributed by atoms with E-state index in [-0.39, 0.29) is 16.8 Å². The van der Waals surface area contributed by atoms with Crippen LogP contribution in [-0.2, 0) is 4.79 Å². The maximum atomic E-state index is 13.1. The van der Waals surface area contributed by atoms with Crippen molar-refractivity contribution in [3.63, 3.8) is 0 Å². The fourth-order valence-corrected chi connectivity index (χ4v) is 2.17. The van der Waals surface area contributed by atoms with Crippen LogP contribution < -0.4 is 10.6 Å². The van der Waals surface area contributed by atoms with Crippen molar-refractivity contribution in [2.75, 3.05) is 18.4 Å². The minimum atomic E-state index is -0.449. The monoisotopic (exact) mass is 256 g/mol. The van der Waals surface area contributed by atoms with Crippen LogP contribution in [0.15, 0.2) is 18.2 Å². The number of rotatable bonds is 2. The lowest BCUT2D eigenvalue weighted by molar-refractivity contribution is -0.120. The molecule has 1 aliphatic heterocycles. The molecule has 0 radical (unpaired) electrons. The number of benzene rings is 1. The Bertz CT molecular complexity index is 399. The largest absolute Gasteiger partial charge is 0.326 e. The van der Waals surface area contributed by atoms with Gasteiger partial charge < -0.3 is 10.6 Å². The van der Waals surface area contributed by atoms with Gasteiger partial charge in [-0.25, -0.2) is 4.39 Å². The van der Waals surface area contributed by atoms with Gasteiger partial charge in [0.25, 0.3) is 0 Å². The predicted octanol–water partition coefficient (Wildman–Crippen LogP) is 2.42. The second-order valence-electron chi connectivity index (χ2n) is 4.19. The molecule has 92 valence electrons. The minimum absolute atomic E-state index is 0.0502. The molecule has 1 saturated heterocycles. The van der Waals surface area contributed by atoms with Gasteiger partial charge in [0.1, 0.15) is 5.82 Å². The number of hydrogen-bond donors (Lipinski definition) is 2. The molecule has 5 heteroatoms. The van der Waals surface area contributed by atoms with Gasteiger partial charge in [-0.05, 0) is 37.6 Å². The first kappa shape index (κ1) is 12.3. The summed E-state index contributed by atoms with van der Waals surface area (Å²) >= 11 is 5.72. The fraction of sp³-hybridized carbons (Fsp3) is 0.417. The van der Waals surface area contributed by atoms with Gasteiger partial charge in [-0.15, -0.1) is 0 Å². The molecule has 0 aliphatic carbocycles. The summed E-state index contributed by atoms with van der Waals surface area (Å²) in [6.45, 7) is 1.63. The lowest BCUT2D eigenvalue weighted by Gasteiger charge is -2.21. The summed E-state index contributed by atoms with van der Waals surface area (Å²) in [5.74, 6) is -0.584. The molecule has 1 aromatic carbocycles. The van der Waals surface area contributed by atoms with Crippen LogP contribution in [0.1, 0.15) is 12.8 Å². The Balaban J connectivity index is 2.01. The van der Waals surface area contributed by atoms with Crippen LogP contribution in [0.4, 0.5) is 10.1 Å². The van der Waals surface area contributed by atoms with E-state index in [1.165, 1.54) is 12.1 Å². The molecule has 17 heavy (non-hydrogen) atoms. The number of carbonyl (C=O) groups excluding carboxylic acids is 1. The van der Waals surface area contributed by atoms with Crippen molar-refractivity contribution in [3.8, 4) is 0 Å². The molecular formula is C12H14ClFN2O. The van der Waals surface area contributed by atoms with E-state index in [0.29, 0.717) is 12.2 Å². The molecule has 1 fully saturated rings. The average molecular weight is 257 g/mol. The highest BCUT2D eigenvalue weighted by Crippen LogP contribution is 2.19. The molecule has 1 aromatic rings. The Morgan fingerprint density at radius 1 is 1.47 bits per heavy atom. The van der Waals surface area contributed by atoms with E-state index in [2.05, 4.69) is 10.6 Å². The SMILES string of the molecule is O=C(Nc1cc(F)cc(Cl)c1)[C@H]1CCCNC1. The van der Waals surface area contributed by atoms with Gasteiger partial charge in [-0.2, -0.15) is 0 Å². The number of amides is 1. The third-order valence-corrected chi connectivity index (χ3v) is 3.02. The molecule has 1 amide bonds. The molecule has 1 heterocycles. The van der Waals surface area contributed by atoms with Crippen molar-refractivity contribution in [3.05, 3.63) is 29.0 Å². The van der Waals surface area contributed by atoms with Crippen LogP contribution >= 0.6 is 11.6 Å². The molecule has 0 saturated carbocycles. The quantitative estimate of drug-likeness (QED) is 0.853. The van der Waals surface area contributed by atoms with Crippen molar-refractivity contribution >= 4 is 23.2 Å². The fourth-order valence-electron chi connectivity index (χ4n) is 1.95. The van der Waals surface area contributed by atoms with Crippen LogP contribution in [0.5, 0.6) is 0 Å². The molecule has 0 aromatic heterocycles. The smallest absolute Gasteiger partial charge is 0.228 e. The van der Waals surface area contributed by atoms with Crippen molar-refractivity contribution in [1.29, 1.82) is 0 Å². The third kappa shape index (κ3) is 3.41. The zero-order valence-electron chi connectivity index (χ0n) is 9.30. The van der Waals surface area contributed by atoms with Crippen molar-refractivity contribution in [1.82, 2.24) is 5.32 Å². The second-order valence-corrected chi connectivity index (χ2v) is 4.63. The zero-order chi connectivity index (χ0) is 12.3. The molecule has 0 spiro atoms. The normalized spacial score (nSPS) is 20.0. The highest BCUT2D eigenvalue weighted by Gasteiger charge is 2.20. The maximum Gasteiger partial charge on any atom is 0.228 e. The predicted molar refractivity (Wildman–Crippen MR) is 65.6 cm³/mol. The Labute approximate surface area is 104 Å². The first-order chi connectivity index (χ1) is 8.15. The van der Waals surface area contributed by atoms with E-state index in [0.717, 1.165) is 19.4 Å². The molecule has 2 N–H and O–H groups in total. The van der Waals surface area contributed by atoms with E-state index in [1.807, 2.05) is 0 Å². The lowest BCUT2D eigenvalue weighted by Crippen LogP contribution is -2.37. The topological polar surface area (TPSA) is 41.1 Å². The van der Waals surface area contributed by atoms with Crippen LogP contribution in [0.25, 0.3) is 0 Å². The van der Waals surface area contributed by atoms with Gasteiger partial charge in [0.2, 0.25) is 5.91 Å². The van der Waals surface area contributed by atoms with E-state index in [4.69, 9.17) is 11.6 Å². The first-order valence-corrected chi connectivity index (χ1v) is 6.00. The summed E-state index contributed by atoms with van der Waals surface area (Å²) in [5, 5.41) is 6.13. The number of halogens is 2. The first-order valence-electron chi connectivity index (χ1n) is 5.63. The summed E-state index contributed by atoms with van der Waals surface area (Å²) in [6, 6.07) is 4.01. The van der Waals surface area contributed by atoms with Gasteiger partial charge in [-0.3, -0.25) is 4.79 Å². The summed E-state index contributed by atoms with van der Waals surface area (Å²) < 4.78 is 13.1. The highest BCUT2D eigenvalue weighted by atomic mass is 35.5. The molecule has 1 aliphatic rings. The summed E-state index contributed by atoms with van der Waals surface area (Å²) in [4.78, 5) is 11.9. The van der Waals surface area contributed by atoms with Gasteiger partial charge in [-0.1, -0.05) is 11.6 Å². The highest BCUT2D eigenvalue weighted by molar-refractivity contribution is 6.30. The van der Waals surface area contributed by atoms with E-state index in [1.54, 1.807) is 6.07 Å². The number of piperidine rings is 1. The minimum Gasteiger partial charge on any atom is -0.326 e. The van der Waals surface area contributed by atoms with Crippen LogP contribution in [0.2, 0.25) is 5.02 Å². The number of anilines is 1. The van der Waals surface area contributed by atoms with Crippen molar-refractivity contribution in [2.45, 2.75) is 12.8 Å². The Morgan fingerprint density at radius 3 is 2.94 bits per heavy atom. The number of carbonyl (C=O) groups is 1. The number of nitrogens with one attached hydrogen (secondary N) is 2. The third-order valence-electron chi connectivity index (χ3n) is 2.80. The molecule has 3 nitrogen and oxygen atoms in total. The van der Waals surface area contributed by atoms with Gasteiger partial charge in [0, 0.05) is 17.3 Å². The van der Waals surface area contributed by atoms with Gasteiger partial charge in [0.05, 0.1) is 5.92 Å². The summed E-state index contributed by atoms with van der Waals surface area (Å²) in [5.41, 5.74) is 0.408. The summed E-state index contributed by atoms with van der Waals surface area (Å²) in [6.07, 6.45) is 1.85. The molecule has 2 rings (SSSR count). The van der Waals surface area contributed by atoms with Crippen molar-refractivity contribution in [2.24, 2.45) is 5.92 Å². The van der Waals surface area contributed by atoms with E-state index in [9.17, 15) is 9.18 Å². The van der Waals surface area contributed by atoms with E-state index < -0.39 is 5.82 Å². The van der Waals surface area contributed by atoms with Gasteiger partial charge >= 0.3 is 0 Å². The Kier molecular flexibility index (Phi) is 3.97. The Hall–Kier alpha value is -1.13. The molecule has 1 atom stereocenters. The van der Waals surface area contributed by atoms with E-state index >= 15 is 0 Å².